The maximum Gasteiger partial charge on any atom is 0.288 e. The van der Waals surface area contributed by atoms with Gasteiger partial charge < -0.3 is 5.32 Å². The molecule has 106 valence electrons. The molecule has 0 aromatic heterocycles. The van der Waals surface area contributed by atoms with Crippen LogP contribution in [0.1, 0.15) is 39.0 Å². The Labute approximate surface area is 118 Å². The van der Waals surface area contributed by atoms with Crippen LogP contribution in [0, 0.1) is 5.92 Å². The van der Waals surface area contributed by atoms with Gasteiger partial charge in [0.25, 0.3) is 5.76 Å². The molecule has 0 bridgehead atoms. The number of hydrogen-bond acceptors (Lipinski definition) is 2. The highest BCUT2D eigenvalue weighted by atomic mass is 32.2. The van der Waals surface area contributed by atoms with Gasteiger partial charge in [0.05, 0.1) is 0 Å². The van der Waals surface area contributed by atoms with Gasteiger partial charge in [-0.1, -0.05) is 37.9 Å². The first kappa shape index (κ1) is 14.6. The summed E-state index contributed by atoms with van der Waals surface area (Å²) in [4.78, 5) is 0.622. The molecule has 1 nitrogen and oxygen atoms in total. The minimum absolute atomic E-state index is 0.535. The molecule has 1 aromatic rings. The number of benzene rings is 1. The van der Waals surface area contributed by atoms with Crippen molar-refractivity contribution in [2.75, 3.05) is 5.32 Å². The van der Waals surface area contributed by atoms with Crippen LogP contribution in [0.25, 0.3) is 0 Å². The molecule has 1 aliphatic rings. The summed E-state index contributed by atoms with van der Waals surface area (Å²) >= 11 is 0.597. The van der Waals surface area contributed by atoms with Gasteiger partial charge in [-0.05, 0) is 43.0 Å². The smallest absolute Gasteiger partial charge is 0.288 e. The molecule has 2 unspecified atom stereocenters. The lowest BCUT2D eigenvalue weighted by Gasteiger charge is -2.32. The lowest BCUT2D eigenvalue weighted by molar-refractivity contribution is 0.252. The standard InChI is InChI=1S/C15H21F2NS/c1-2-11-5-3-4-6-14(11)18-12-7-9-13(10-8-12)19-15(16)17/h7-11,14-15,18H,2-6H2,1H3. The molecule has 1 saturated carbocycles. The van der Waals surface area contributed by atoms with Crippen molar-refractivity contribution in [3.8, 4) is 0 Å². The first-order valence-electron chi connectivity index (χ1n) is 7.00. The molecule has 1 fully saturated rings. The Bertz CT molecular complexity index is 380. The first-order valence-corrected chi connectivity index (χ1v) is 7.88. The van der Waals surface area contributed by atoms with Crippen LogP contribution < -0.4 is 5.32 Å². The van der Waals surface area contributed by atoms with E-state index in [1.54, 1.807) is 12.1 Å². The van der Waals surface area contributed by atoms with Gasteiger partial charge in [0.1, 0.15) is 0 Å². The Kier molecular flexibility index (Phi) is 5.49. The van der Waals surface area contributed by atoms with Gasteiger partial charge in [0.15, 0.2) is 0 Å². The van der Waals surface area contributed by atoms with E-state index in [0.717, 1.165) is 11.6 Å². The van der Waals surface area contributed by atoms with E-state index in [2.05, 4.69) is 12.2 Å². The lowest BCUT2D eigenvalue weighted by Crippen LogP contribution is -2.31. The molecule has 1 aliphatic carbocycles. The van der Waals surface area contributed by atoms with Crippen LogP contribution >= 0.6 is 11.8 Å². The van der Waals surface area contributed by atoms with Gasteiger partial charge >= 0.3 is 0 Å². The van der Waals surface area contributed by atoms with E-state index >= 15 is 0 Å². The van der Waals surface area contributed by atoms with Crippen molar-refractivity contribution in [1.29, 1.82) is 0 Å². The average molecular weight is 285 g/mol. The fourth-order valence-electron chi connectivity index (χ4n) is 2.83. The highest BCUT2D eigenvalue weighted by Gasteiger charge is 2.23. The molecule has 0 aliphatic heterocycles. The molecular weight excluding hydrogens is 264 g/mol. The third-order valence-electron chi connectivity index (χ3n) is 3.87. The summed E-state index contributed by atoms with van der Waals surface area (Å²) in [7, 11) is 0. The fourth-order valence-corrected chi connectivity index (χ4v) is 3.33. The van der Waals surface area contributed by atoms with Crippen molar-refractivity contribution < 1.29 is 8.78 Å². The zero-order valence-corrected chi connectivity index (χ0v) is 12.1. The van der Waals surface area contributed by atoms with Gasteiger partial charge in [-0.25, -0.2) is 0 Å². The second-order valence-corrected chi connectivity index (χ2v) is 6.17. The number of halogens is 2. The topological polar surface area (TPSA) is 12.0 Å². The molecule has 0 amide bonds. The van der Waals surface area contributed by atoms with Crippen LogP contribution in [0.3, 0.4) is 0 Å². The number of thioether (sulfide) groups is 1. The van der Waals surface area contributed by atoms with E-state index in [9.17, 15) is 8.78 Å². The van der Waals surface area contributed by atoms with E-state index in [1.807, 2.05) is 12.1 Å². The lowest BCUT2D eigenvalue weighted by atomic mass is 9.83. The van der Waals surface area contributed by atoms with Crippen LogP contribution in [0.4, 0.5) is 14.5 Å². The van der Waals surface area contributed by atoms with E-state index in [-0.39, 0.29) is 0 Å². The van der Waals surface area contributed by atoms with E-state index in [0.29, 0.717) is 22.7 Å². The van der Waals surface area contributed by atoms with Gasteiger partial charge in [0.2, 0.25) is 0 Å². The number of nitrogens with one attached hydrogen (secondary N) is 1. The first-order chi connectivity index (χ1) is 9.19. The van der Waals surface area contributed by atoms with Gasteiger partial charge in [-0.15, -0.1) is 0 Å². The van der Waals surface area contributed by atoms with Crippen molar-refractivity contribution in [2.45, 2.75) is 55.7 Å². The molecule has 0 heterocycles. The molecule has 1 aromatic carbocycles. The van der Waals surface area contributed by atoms with E-state index in [1.165, 1.54) is 32.1 Å². The number of hydrogen-bond donors (Lipinski definition) is 1. The van der Waals surface area contributed by atoms with Crippen LogP contribution in [-0.2, 0) is 0 Å². The number of rotatable bonds is 5. The molecule has 1 N–H and O–H groups in total. The third-order valence-corrected chi connectivity index (χ3v) is 4.59. The van der Waals surface area contributed by atoms with Crippen molar-refractivity contribution >= 4 is 17.4 Å². The molecule has 0 saturated heterocycles. The number of anilines is 1. The van der Waals surface area contributed by atoms with Crippen molar-refractivity contribution in [3.63, 3.8) is 0 Å². The van der Waals surface area contributed by atoms with E-state index < -0.39 is 5.76 Å². The minimum Gasteiger partial charge on any atom is -0.382 e. The third kappa shape index (κ3) is 4.37. The summed E-state index contributed by atoms with van der Waals surface area (Å²) in [6, 6.07) is 7.89. The van der Waals surface area contributed by atoms with Gasteiger partial charge in [-0.3, -0.25) is 0 Å². The molecular formula is C15H21F2NS. The molecule has 2 rings (SSSR count). The summed E-state index contributed by atoms with van der Waals surface area (Å²) in [5, 5.41) is 3.57. The largest absolute Gasteiger partial charge is 0.382 e. The maximum atomic E-state index is 12.2. The Balaban J connectivity index is 1.94. The van der Waals surface area contributed by atoms with Crippen LogP contribution in [-0.4, -0.2) is 11.8 Å². The summed E-state index contributed by atoms with van der Waals surface area (Å²) < 4.78 is 24.5. The van der Waals surface area contributed by atoms with Crippen molar-refractivity contribution in [3.05, 3.63) is 24.3 Å². The van der Waals surface area contributed by atoms with Gasteiger partial charge in [-0.2, -0.15) is 8.78 Å². The minimum atomic E-state index is -2.35. The fraction of sp³-hybridized carbons (Fsp3) is 0.600. The quantitative estimate of drug-likeness (QED) is 0.729. The summed E-state index contributed by atoms with van der Waals surface area (Å²) in [5.41, 5.74) is 1.05. The predicted octanol–water partition coefficient (Wildman–Crippen LogP) is 5.38. The monoisotopic (exact) mass is 285 g/mol. The highest BCUT2D eigenvalue weighted by molar-refractivity contribution is 7.99. The zero-order valence-electron chi connectivity index (χ0n) is 11.2. The van der Waals surface area contributed by atoms with Crippen LogP contribution in [0.15, 0.2) is 29.2 Å². The van der Waals surface area contributed by atoms with Gasteiger partial charge in [0, 0.05) is 16.6 Å². The SMILES string of the molecule is CCC1CCCCC1Nc1ccc(SC(F)F)cc1. The van der Waals surface area contributed by atoms with Crippen molar-refractivity contribution in [2.24, 2.45) is 5.92 Å². The highest BCUT2D eigenvalue weighted by Crippen LogP contribution is 2.30. The summed E-state index contributed by atoms with van der Waals surface area (Å²) in [6.45, 7) is 2.24. The predicted molar refractivity (Wildman–Crippen MR) is 78.0 cm³/mol. The molecule has 19 heavy (non-hydrogen) atoms. The average Bonchev–Trinajstić information content (AvgIpc) is 2.41. The Morgan fingerprint density at radius 1 is 1.21 bits per heavy atom. The number of alkyl halides is 2. The Hall–Kier alpha value is -0.770. The second kappa shape index (κ2) is 7.13. The second-order valence-electron chi connectivity index (χ2n) is 5.11. The zero-order chi connectivity index (χ0) is 13.7. The molecule has 2 atom stereocenters. The normalized spacial score (nSPS) is 23.6. The molecule has 0 spiro atoms. The maximum absolute atomic E-state index is 12.2. The summed E-state index contributed by atoms with van der Waals surface area (Å²) in [5.74, 6) is -1.61. The Morgan fingerprint density at radius 2 is 1.89 bits per heavy atom. The summed E-state index contributed by atoms with van der Waals surface area (Å²) in [6.07, 6.45) is 6.34. The van der Waals surface area contributed by atoms with Crippen LogP contribution in [0.2, 0.25) is 0 Å². The van der Waals surface area contributed by atoms with E-state index in [4.69, 9.17) is 0 Å². The van der Waals surface area contributed by atoms with Crippen LogP contribution in [0.5, 0.6) is 0 Å². The van der Waals surface area contributed by atoms with Crippen molar-refractivity contribution in [1.82, 2.24) is 0 Å². The molecule has 4 heteroatoms. The molecule has 0 radical (unpaired) electrons. The Morgan fingerprint density at radius 3 is 2.53 bits per heavy atom.